The van der Waals surface area contributed by atoms with Gasteiger partial charge in [0.25, 0.3) is 0 Å². The predicted octanol–water partition coefficient (Wildman–Crippen LogP) is -1.70. The first kappa shape index (κ1) is 13.9. The molecule has 0 N–H and O–H groups in total. The summed E-state index contributed by atoms with van der Waals surface area (Å²) >= 11 is 0. The van der Waals surface area contributed by atoms with Crippen LogP contribution in [-0.2, 0) is 4.79 Å². The highest BCUT2D eigenvalue weighted by Crippen LogP contribution is 2.08. The molecular weight excluding hydrogens is 214 g/mol. The molecule has 0 saturated carbocycles. The highest BCUT2D eigenvalue weighted by Gasteiger charge is 2.15. The summed E-state index contributed by atoms with van der Waals surface area (Å²) in [5.74, 6) is 0.398. The van der Waals surface area contributed by atoms with Crippen molar-refractivity contribution in [1.82, 2.24) is 0 Å². The summed E-state index contributed by atoms with van der Waals surface area (Å²) < 4.78 is 5.71. The van der Waals surface area contributed by atoms with E-state index in [1.54, 1.807) is 12.1 Å². The monoisotopic (exact) mass is 229 g/mol. The Morgan fingerprint density at radius 1 is 1.20 bits per heavy atom. The molecule has 15 heavy (non-hydrogen) atoms. The largest absolute Gasteiger partial charge is 1.00 e. The van der Waals surface area contributed by atoms with Crippen LogP contribution in [-0.4, -0.2) is 38.1 Å². The predicted molar refractivity (Wildman–Crippen MR) is 55.0 cm³/mol. The normalized spacial score (nSPS) is 10.3. The number of nitrogens with zero attached hydrogens (tertiary/aromatic N) is 1. The molecule has 0 heterocycles. The Morgan fingerprint density at radius 3 is 2.20 bits per heavy atom. The number of ether oxygens (including phenoxy) is 1. The van der Waals surface area contributed by atoms with Gasteiger partial charge in [-0.25, -0.2) is 4.79 Å². The number of carbonyl (C=O) groups excluding carboxylic acids is 1. The summed E-state index contributed by atoms with van der Waals surface area (Å²) in [5.41, 5.74) is 0. The second kappa shape index (κ2) is 5.73. The Bertz CT molecular complexity index is 306. The molecule has 0 saturated heterocycles. The van der Waals surface area contributed by atoms with E-state index >= 15 is 0 Å². The second-order valence-corrected chi connectivity index (χ2v) is 4.24. The molecule has 0 aliphatic carbocycles. The molecule has 0 spiro atoms. The fourth-order valence-corrected chi connectivity index (χ4v) is 1.04. The van der Waals surface area contributed by atoms with Crippen molar-refractivity contribution in [3.63, 3.8) is 0 Å². The van der Waals surface area contributed by atoms with Gasteiger partial charge in [0.05, 0.1) is 21.1 Å². The first-order valence-corrected chi connectivity index (χ1v) is 4.53. The number of esters is 1. The van der Waals surface area contributed by atoms with E-state index in [1.807, 2.05) is 39.3 Å². The first-order chi connectivity index (χ1) is 6.47. The van der Waals surface area contributed by atoms with Gasteiger partial charge in [0.15, 0.2) is 6.54 Å². The molecule has 3 nitrogen and oxygen atoms in total. The number of rotatable bonds is 3. The molecule has 0 atom stereocenters. The first-order valence-electron chi connectivity index (χ1n) is 4.53. The third-order valence-electron chi connectivity index (χ3n) is 1.58. The van der Waals surface area contributed by atoms with Crippen LogP contribution in [0.25, 0.3) is 0 Å². The van der Waals surface area contributed by atoms with Crippen LogP contribution in [0.3, 0.4) is 0 Å². The minimum Gasteiger partial charge on any atom is -1.00 e. The Kier molecular flexibility index (Phi) is 5.33. The highest BCUT2D eigenvalue weighted by molar-refractivity contribution is 5.73. The van der Waals surface area contributed by atoms with E-state index in [1.165, 1.54) is 0 Å². The number of para-hydroxylation sites is 1. The molecule has 1 rings (SSSR count). The maximum absolute atomic E-state index is 11.4. The van der Waals surface area contributed by atoms with Crippen LogP contribution >= 0.6 is 0 Å². The Labute approximate surface area is 96.7 Å². The molecule has 0 aliphatic heterocycles. The summed E-state index contributed by atoms with van der Waals surface area (Å²) in [6.07, 6.45) is 0. The van der Waals surface area contributed by atoms with Gasteiger partial charge in [0.2, 0.25) is 0 Å². The molecule has 0 fully saturated rings. The average molecular weight is 230 g/mol. The van der Waals surface area contributed by atoms with Gasteiger partial charge in [-0.2, -0.15) is 0 Å². The summed E-state index contributed by atoms with van der Waals surface area (Å²) in [5, 5.41) is 0. The maximum Gasteiger partial charge on any atom is 0.367 e. The quantitative estimate of drug-likeness (QED) is 0.351. The van der Waals surface area contributed by atoms with Crippen molar-refractivity contribution >= 4 is 5.97 Å². The zero-order valence-corrected chi connectivity index (χ0v) is 9.99. The van der Waals surface area contributed by atoms with E-state index in [-0.39, 0.29) is 18.4 Å². The molecule has 0 aliphatic rings. The van der Waals surface area contributed by atoms with Crippen molar-refractivity contribution in [3.8, 4) is 5.75 Å². The van der Waals surface area contributed by atoms with Crippen LogP contribution in [0.2, 0.25) is 0 Å². The number of hydrogen-bond donors (Lipinski definition) is 0. The summed E-state index contributed by atoms with van der Waals surface area (Å²) in [4.78, 5) is 11.4. The molecule has 84 valence electrons. The van der Waals surface area contributed by atoms with Gasteiger partial charge in [-0.05, 0) is 12.1 Å². The molecular formula is C11H16ClNO2. The van der Waals surface area contributed by atoms with E-state index in [0.717, 1.165) is 0 Å². The van der Waals surface area contributed by atoms with Crippen LogP contribution in [0.5, 0.6) is 5.75 Å². The molecule has 1 aromatic rings. The molecule has 1 aromatic carbocycles. The van der Waals surface area contributed by atoms with Crippen LogP contribution < -0.4 is 17.1 Å². The third kappa shape index (κ3) is 6.10. The number of hydrogen-bond acceptors (Lipinski definition) is 2. The topological polar surface area (TPSA) is 26.3 Å². The van der Waals surface area contributed by atoms with Crippen molar-refractivity contribution in [3.05, 3.63) is 30.3 Å². The van der Waals surface area contributed by atoms with Gasteiger partial charge in [-0.3, -0.25) is 0 Å². The van der Waals surface area contributed by atoms with E-state index in [4.69, 9.17) is 4.74 Å². The summed E-state index contributed by atoms with van der Waals surface area (Å²) in [6.45, 7) is 0.370. The number of benzene rings is 1. The van der Waals surface area contributed by atoms with Gasteiger partial charge in [-0.15, -0.1) is 0 Å². The number of likely N-dealkylation sites (N-methyl/N-ethyl adjacent to an activating group) is 1. The van der Waals surface area contributed by atoms with E-state index in [2.05, 4.69) is 0 Å². The lowest BCUT2D eigenvalue weighted by atomic mass is 10.3. The lowest BCUT2D eigenvalue weighted by Gasteiger charge is -2.22. The molecule has 0 aromatic heterocycles. The minimum absolute atomic E-state index is 0. The minimum atomic E-state index is -0.205. The summed E-state index contributed by atoms with van der Waals surface area (Å²) in [6, 6.07) is 9.11. The Morgan fingerprint density at radius 2 is 1.73 bits per heavy atom. The van der Waals surface area contributed by atoms with Crippen molar-refractivity contribution in [2.75, 3.05) is 27.7 Å². The fourth-order valence-electron chi connectivity index (χ4n) is 1.04. The maximum atomic E-state index is 11.4. The average Bonchev–Trinajstić information content (AvgIpc) is 2.02. The van der Waals surface area contributed by atoms with E-state index in [0.29, 0.717) is 16.8 Å². The lowest BCUT2D eigenvalue weighted by molar-refractivity contribution is -0.862. The van der Waals surface area contributed by atoms with Crippen molar-refractivity contribution in [1.29, 1.82) is 0 Å². The van der Waals surface area contributed by atoms with Gasteiger partial charge in [0.1, 0.15) is 5.75 Å². The Balaban J connectivity index is 0.00000196. The van der Waals surface area contributed by atoms with Crippen LogP contribution in [0, 0.1) is 0 Å². The van der Waals surface area contributed by atoms with Gasteiger partial charge < -0.3 is 21.6 Å². The van der Waals surface area contributed by atoms with Crippen molar-refractivity contribution < 1.29 is 26.4 Å². The third-order valence-corrected chi connectivity index (χ3v) is 1.58. The SMILES string of the molecule is C[N+](C)(C)CC(=O)Oc1ccccc1.[Cl-]. The number of quaternary nitrogens is 1. The van der Waals surface area contributed by atoms with Crippen LogP contribution in [0.15, 0.2) is 30.3 Å². The molecule has 0 amide bonds. The second-order valence-electron chi connectivity index (χ2n) is 4.24. The zero-order valence-electron chi connectivity index (χ0n) is 9.24. The van der Waals surface area contributed by atoms with E-state index < -0.39 is 0 Å². The molecule has 0 unspecified atom stereocenters. The van der Waals surface area contributed by atoms with E-state index in [9.17, 15) is 4.79 Å². The summed E-state index contributed by atoms with van der Waals surface area (Å²) in [7, 11) is 5.85. The molecule has 0 bridgehead atoms. The lowest BCUT2D eigenvalue weighted by Crippen LogP contribution is -3.00. The van der Waals surface area contributed by atoms with Crippen LogP contribution in [0.1, 0.15) is 0 Å². The number of halogens is 1. The Hall–Kier alpha value is -1.06. The zero-order chi connectivity index (χ0) is 10.6. The highest BCUT2D eigenvalue weighted by atomic mass is 35.5. The standard InChI is InChI=1S/C11H16NO2.ClH/c1-12(2,3)9-11(13)14-10-7-5-4-6-8-10;/h4-8H,9H2,1-3H3;1H/q+1;/p-1. The molecule has 0 radical (unpaired) electrons. The molecule has 4 heteroatoms. The van der Waals surface area contributed by atoms with Gasteiger partial charge >= 0.3 is 5.97 Å². The fraction of sp³-hybridized carbons (Fsp3) is 0.364. The van der Waals surface area contributed by atoms with Crippen LogP contribution in [0.4, 0.5) is 0 Å². The van der Waals surface area contributed by atoms with Gasteiger partial charge in [-0.1, -0.05) is 18.2 Å². The van der Waals surface area contributed by atoms with Gasteiger partial charge in [0, 0.05) is 0 Å². The number of carbonyl (C=O) groups is 1. The van der Waals surface area contributed by atoms with Crippen molar-refractivity contribution in [2.24, 2.45) is 0 Å². The van der Waals surface area contributed by atoms with Crippen molar-refractivity contribution in [2.45, 2.75) is 0 Å². The smallest absolute Gasteiger partial charge is 0.367 e.